The molecule has 5 N–H and O–H groups in total. The number of anilines is 1. The number of carbonyl (C=O) groups excluding carboxylic acids is 2. The van der Waals surface area contributed by atoms with Gasteiger partial charge in [0, 0.05) is 35.5 Å². The highest BCUT2D eigenvalue weighted by atomic mass is 16.5. The van der Waals surface area contributed by atoms with Crippen LogP contribution in [0.4, 0.5) is 5.69 Å². The molecule has 8 nitrogen and oxygen atoms in total. The summed E-state index contributed by atoms with van der Waals surface area (Å²) in [5.41, 5.74) is 13.6. The minimum atomic E-state index is -0.541. The number of nitrogens with two attached hydrogens (primary N) is 1. The van der Waals surface area contributed by atoms with Crippen LogP contribution in [0, 0.1) is 13.8 Å². The number of rotatable bonds is 8. The first-order chi connectivity index (χ1) is 18.4. The van der Waals surface area contributed by atoms with Crippen LogP contribution in [-0.4, -0.2) is 33.6 Å². The Morgan fingerprint density at radius 2 is 1.79 bits per heavy atom. The van der Waals surface area contributed by atoms with Crippen LogP contribution in [0.2, 0.25) is 0 Å². The Morgan fingerprint density at radius 1 is 1.03 bits per heavy atom. The third-order valence-corrected chi connectivity index (χ3v) is 6.54. The largest absolute Gasteiger partial charge is 0.457 e. The van der Waals surface area contributed by atoms with Crippen molar-refractivity contribution < 1.29 is 14.3 Å². The van der Waals surface area contributed by atoms with Gasteiger partial charge in [-0.05, 0) is 43.2 Å². The SMILES string of the molecule is Cc1cc(C)cc(C(=O)OCc2ccc([C@@H](CN)C(=O)Nc3cccc4c(-c5cn[nH]c5)c[nH]c34)cc2)c1. The lowest BCUT2D eigenvalue weighted by Gasteiger charge is -2.16. The Kier molecular flexibility index (Phi) is 7.06. The van der Waals surface area contributed by atoms with E-state index in [2.05, 4.69) is 20.5 Å². The molecule has 2 heterocycles. The van der Waals surface area contributed by atoms with Gasteiger partial charge in [0.15, 0.2) is 0 Å². The smallest absolute Gasteiger partial charge is 0.338 e. The zero-order valence-electron chi connectivity index (χ0n) is 21.2. The van der Waals surface area contributed by atoms with Gasteiger partial charge in [-0.1, -0.05) is 53.6 Å². The third kappa shape index (κ3) is 5.21. The van der Waals surface area contributed by atoms with E-state index in [1.54, 1.807) is 6.20 Å². The minimum absolute atomic E-state index is 0.138. The highest BCUT2D eigenvalue weighted by Crippen LogP contribution is 2.32. The van der Waals surface area contributed by atoms with Crippen LogP contribution >= 0.6 is 0 Å². The molecule has 0 bridgehead atoms. The second-order valence-corrected chi connectivity index (χ2v) is 9.39. The van der Waals surface area contributed by atoms with Crippen LogP contribution in [-0.2, 0) is 16.1 Å². The quantitative estimate of drug-likeness (QED) is 0.215. The Balaban J connectivity index is 1.26. The minimum Gasteiger partial charge on any atom is -0.457 e. The van der Waals surface area contributed by atoms with Crippen molar-refractivity contribution in [1.29, 1.82) is 0 Å². The Hall–Kier alpha value is -4.69. The molecule has 38 heavy (non-hydrogen) atoms. The molecular formula is C30H29N5O3. The average Bonchev–Trinajstić information content (AvgIpc) is 3.58. The number of nitrogens with zero attached hydrogens (tertiary/aromatic N) is 1. The van der Waals surface area contributed by atoms with Crippen molar-refractivity contribution in [1.82, 2.24) is 15.2 Å². The number of para-hydroxylation sites is 1. The van der Waals surface area contributed by atoms with E-state index in [0.29, 0.717) is 11.3 Å². The lowest BCUT2D eigenvalue weighted by Crippen LogP contribution is -2.27. The number of amides is 1. The van der Waals surface area contributed by atoms with E-state index in [9.17, 15) is 9.59 Å². The number of esters is 1. The summed E-state index contributed by atoms with van der Waals surface area (Å²) in [4.78, 5) is 29.0. The van der Waals surface area contributed by atoms with Crippen LogP contribution in [0.3, 0.4) is 0 Å². The molecule has 0 unspecified atom stereocenters. The molecule has 1 atom stereocenters. The number of H-pyrrole nitrogens is 2. The van der Waals surface area contributed by atoms with Crippen molar-refractivity contribution in [2.75, 3.05) is 11.9 Å². The Bertz CT molecular complexity index is 1570. The molecule has 0 spiro atoms. The van der Waals surface area contributed by atoms with Gasteiger partial charge in [-0.15, -0.1) is 0 Å². The molecule has 8 heteroatoms. The number of benzene rings is 3. The maximum atomic E-state index is 13.2. The van der Waals surface area contributed by atoms with Crippen LogP contribution < -0.4 is 11.1 Å². The second-order valence-electron chi connectivity index (χ2n) is 9.39. The normalized spacial score (nSPS) is 11.9. The molecule has 0 saturated heterocycles. The zero-order chi connectivity index (χ0) is 26.6. The topological polar surface area (TPSA) is 126 Å². The summed E-state index contributed by atoms with van der Waals surface area (Å²) in [5.74, 6) is -1.11. The molecule has 3 aromatic carbocycles. The van der Waals surface area contributed by atoms with Gasteiger partial charge in [-0.3, -0.25) is 9.89 Å². The molecule has 0 radical (unpaired) electrons. The summed E-state index contributed by atoms with van der Waals surface area (Å²) in [6, 6.07) is 18.8. The van der Waals surface area contributed by atoms with Gasteiger partial charge in [-0.2, -0.15) is 5.10 Å². The van der Waals surface area contributed by atoms with Gasteiger partial charge in [-0.25, -0.2) is 4.79 Å². The summed E-state index contributed by atoms with van der Waals surface area (Å²) in [6.07, 6.45) is 5.48. The van der Waals surface area contributed by atoms with Crippen molar-refractivity contribution in [3.8, 4) is 11.1 Å². The van der Waals surface area contributed by atoms with Gasteiger partial charge in [0.2, 0.25) is 5.91 Å². The predicted molar refractivity (Wildman–Crippen MR) is 148 cm³/mol. The molecule has 1 amide bonds. The predicted octanol–water partition coefficient (Wildman–Crippen LogP) is 5.21. The molecule has 192 valence electrons. The number of fused-ring (bicyclic) bond motifs is 1. The highest BCUT2D eigenvalue weighted by Gasteiger charge is 2.21. The second kappa shape index (κ2) is 10.7. The van der Waals surface area contributed by atoms with E-state index >= 15 is 0 Å². The van der Waals surface area contributed by atoms with E-state index in [0.717, 1.165) is 44.3 Å². The molecule has 2 aromatic heterocycles. The van der Waals surface area contributed by atoms with Crippen LogP contribution in [0.5, 0.6) is 0 Å². The van der Waals surface area contributed by atoms with Crippen LogP contribution in [0.25, 0.3) is 22.0 Å². The number of hydrogen-bond acceptors (Lipinski definition) is 5. The number of hydrogen-bond donors (Lipinski definition) is 4. The maximum absolute atomic E-state index is 13.2. The molecular weight excluding hydrogens is 478 g/mol. The monoisotopic (exact) mass is 507 g/mol. The molecule has 5 aromatic rings. The fourth-order valence-electron chi connectivity index (χ4n) is 4.68. The standard InChI is InChI=1S/C30H29N5O3/c1-18-10-19(2)12-22(11-18)30(37)38-17-20-6-8-21(9-7-20)25(13-31)29(36)35-27-5-3-4-24-26(16-32-28(24)27)23-14-33-34-15-23/h3-12,14-16,25,32H,13,17,31H2,1-2H3,(H,33,34)(H,35,36)/t25-/m1/s1. The third-order valence-electron chi connectivity index (χ3n) is 6.54. The highest BCUT2D eigenvalue weighted by molar-refractivity contribution is 6.07. The Labute approximate surface area is 220 Å². The lowest BCUT2D eigenvalue weighted by molar-refractivity contribution is -0.117. The van der Waals surface area contributed by atoms with Gasteiger partial charge in [0.05, 0.1) is 28.9 Å². The lowest BCUT2D eigenvalue weighted by atomic mass is 9.97. The number of ether oxygens (including phenoxy) is 1. The van der Waals surface area contributed by atoms with E-state index in [4.69, 9.17) is 10.5 Å². The average molecular weight is 508 g/mol. The van der Waals surface area contributed by atoms with Crippen LogP contribution in [0.15, 0.2) is 79.3 Å². The van der Waals surface area contributed by atoms with Crippen molar-refractivity contribution in [2.45, 2.75) is 26.4 Å². The number of carbonyl (C=O) groups is 2. The fraction of sp³-hybridized carbons (Fsp3) is 0.167. The summed E-state index contributed by atoms with van der Waals surface area (Å²) in [7, 11) is 0. The summed E-state index contributed by atoms with van der Waals surface area (Å²) >= 11 is 0. The Morgan fingerprint density at radius 3 is 2.47 bits per heavy atom. The van der Waals surface area contributed by atoms with E-state index in [-0.39, 0.29) is 25.0 Å². The van der Waals surface area contributed by atoms with Gasteiger partial charge >= 0.3 is 5.97 Å². The van der Waals surface area contributed by atoms with Crippen molar-refractivity contribution in [3.63, 3.8) is 0 Å². The number of aryl methyl sites for hydroxylation is 2. The van der Waals surface area contributed by atoms with E-state index in [1.165, 1.54) is 0 Å². The molecule has 0 aliphatic carbocycles. The van der Waals surface area contributed by atoms with Gasteiger partial charge in [0.25, 0.3) is 0 Å². The molecule has 0 saturated carbocycles. The number of nitrogens with one attached hydrogen (secondary N) is 3. The molecule has 0 fully saturated rings. The zero-order valence-corrected chi connectivity index (χ0v) is 21.2. The fourth-order valence-corrected chi connectivity index (χ4v) is 4.68. The summed E-state index contributed by atoms with van der Waals surface area (Å²) in [5, 5.41) is 10.9. The number of aromatic nitrogens is 3. The van der Waals surface area contributed by atoms with Gasteiger partial charge in [0.1, 0.15) is 6.61 Å². The first-order valence-corrected chi connectivity index (χ1v) is 12.4. The first-order valence-electron chi connectivity index (χ1n) is 12.4. The van der Waals surface area contributed by atoms with Crippen molar-refractivity contribution in [3.05, 3.63) is 107 Å². The van der Waals surface area contributed by atoms with Gasteiger partial charge < -0.3 is 20.8 Å². The summed E-state index contributed by atoms with van der Waals surface area (Å²) < 4.78 is 5.49. The van der Waals surface area contributed by atoms with E-state index < -0.39 is 5.92 Å². The van der Waals surface area contributed by atoms with E-state index in [1.807, 2.05) is 86.9 Å². The molecule has 5 rings (SSSR count). The van der Waals surface area contributed by atoms with Crippen molar-refractivity contribution in [2.24, 2.45) is 5.73 Å². The summed E-state index contributed by atoms with van der Waals surface area (Å²) in [6.45, 7) is 4.18. The molecule has 0 aliphatic heterocycles. The molecule has 0 aliphatic rings. The van der Waals surface area contributed by atoms with Crippen LogP contribution in [0.1, 0.15) is 38.5 Å². The number of aromatic amines is 2. The maximum Gasteiger partial charge on any atom is 0.338 e. The first kappa shape index (κ1) is 25.0. The van der Waals surface area contributed by atoms with Crippen molar-refractivity contribution >= 4 is 28.5 Å².